The number of rotatable bonds is 3. The molecule has 1 atom stereocenters. The molecule has 1 fully saturated rings. The molecule has 6 heteroatoms. The number of ether oxygens (including phenoxy) is 1. The summed E-state index contributed by atoms with van der Waals surface area (Å²) < 4.78 is 5.18. The Bertz CT molecular complexity index is 699. The number of esters is 1. The van der Waals surface area contributed by atoms with Gasteiger partial charge >= 0.3 is 5.97 Å². The molecule has 1 N–H and O–H groups in total. The summed E-state index contributed by atoms with van der Waals surface area (Å²) in [6, 6.07) is 3.86. The van der Waals surface area contributed by atoms with Crippen LogP contribution in [-0.4, -0.2) is 42.4 Å². The molecule has 2 aliphatic heterocycles. The minimum absolute atomic E-state index is 0.195. The molecule has 0 saturated carbocycles. The highest BCUT2D eigenvalue weighted by atomic mass is 16.5. The van der Waals surface area contributed by atoms with Crippen molar-refractivity contribution in [3.8, 4) is 0 Å². The number of nitrogens with zero attached hydrogens (tertiary/aromatic N) is 1. The number of carbonyl (C=O) groups is 3. The first-order valence-corrected chi connectivity index (χ1v) is 8.36. The van der Waals surface area contributed by atoms with E-state index in [0.29, 0.717) is 30.9 Å². The number of likely N-dealkylation sites (tertiary alicyclic amines) is 1. The van der Waals surface area contributed by atoms with Gasteiger partial charge in [-0.25, -0.2) is 4.79 Å². The Labute approximate surface area is 141 Å². The standard InChI is InChI=1S/C18H22N2O4/c1-11-8-13-12(2)5-6-19-17(13)14(9-11)18(23)24-10-16(22)20-7-3-4-15(20)21/h8-9,12,19H,3-7,10H2,1-2H3. The summed E-state index contributed by atoms with van der Waals surface area (Å²) in [7, 11) is 0. The van der Waals surface area contributed by atoms with Gasteiger partial charge in [0.05, 0.1) is 11.3 Å². The number of hydrogen-bond donors (Lipinski definition) is 1. The van der Waals surface area contributed by atoms with E-state index in [9.17, 15) is 14.4 Å². The fourth-order valence-electron chi connectivity index (χ4n) is 3.33. The van der Waals surface area contributed by atoms with E-state index in [1.807, 2.05) is 6.92 Å². The minimum Gasteiger partial charge on any atom is -0.452 e. The number of fused-ring (bicyclic) bond motifs is 1. The molecular formula is C18H22N2O4. The molecule has 0 bridgehead atoms. The molecule has 1 unspecified atom stereocenters. The molecule has 1 saturated heterocycles. The molecule has 3 rings (SSSR count). The van der Waals surface area contributed by atoms with Crippen LogP contribution in [0.4, 0.5) is 5.69 Å². The Morgan fingerprint density at radius 1 is 1.38 bits per heavy atom. The first-order valence-electron chi connectivity index (χ1n) is 8.36. The first-order chi connectivity index (χ1) is 11.5. The summed E-state index contributed by atoms with van der Waals surface area (Å²) in [5, 5.41) is 3.27. The van der Waals surface area contributed by atoms with Gasteiger partial charge in [0.2, 0.25) is 5.91 Å². The van der Waals surface area contributed by atoms with Gasteiger partial charge in [-0.1, -0.05) is 13.0 Å². The Hall–Kier alpha value is -2.37. The lowest BCUT2D eigenvalue weighted by atomic mass is 9.89. The van der Waals surface area contributed by atoms with E-state index in [2.05, 4.69) is 18.3 Å². The molecule has 6 nitrogen and oxygen atoms in total. The van der Waals surface area contributed by atoms with Crippen LogP contribution >= 0.6 is 0 Å². The fraction of sp³-hybridized carbons (Fsp3) is 0.500. The van der Waals surface area contributed by atoms with Gasteiger partial charge in [-0.05, 0) is 42.9 Å². The molecule has 0 aliphatic carbocycles. The molecule has 2 aliphatic rings. The highest BCUT2D eigenvalue weighted by Crippen LogP contribution is 2.35. The Morgan fingerprint density at radius 3 is 2.88 bits per heavy atom. The van der Waals surface area contributed by atoms with Gasteiger partial charge in [0.1, 0.15) is 0 Å². The lowest BCUT2D eigenvalue weighted by molar-refractivity contribution is -0.143. The van der Waals surface area contributed by atoms with E-state index in [1.165, 1.54) is 4.90 Å². The summed E-state index contributed by atoms with van der Waals surface area (Å²) in [6.07, 6.45) is 2.07. The monoisotopic (exact) mass is 330 g/mol. The Balaban J connectivity index is 1.73. The molecule has 128 valence electrons. The second-order valence-electron chi connectivity index (χ2n) is 6.51. The molecular weight excluding hydrogens is 308 g/mol. The van der Waals surface area contributed by atoms with Gasteiger partial charge < -0.3 is 10.1 Å². The van der Waals surface area contributed by atoms with Crippen LogP contribution in [0.3, 0.4) is 0 Å². The van der Waals surface area contributed by atoms with E-state index in [0.717, 1.165) is 29.8 Å². The van der Waals surface area contributed by atoms with E-state index in [1.54, 1.807) is 6.07 Å². The third kappa shape index (κ3) is 3.13. The molecule has 0 radical (unpaired) electrons. The summed E-state index contributed by atoms with van der Waals surface area (Å²) in [5.74, 6) is -0.804. The van der Waals surface area contributed by atoms with Crippen LogP contribution in [0.15, 0.2) is 12.1 Å². The van der Waals surface area contributed by atoms with Gasteiger partial charge in [-0.3, -0.25) is 14.5 Å². The predicted octanol–water partition coefficient (Wildman–Crippen LogP) is 2.22. The van der Waals surface area contributed by atoms with Crippen molar-refractivity contribution >= 4 is 23.5 Å². The van der Waals surface area contributed by atoms with Gasteiger partial charge in [-0.15, -0.1) is 0 Å². The zero-order chi connectivity index (χ0) is 17.3. The second kappa shape index (κ2) is 6.63. The van der Waals surface area contributed by atoms with Crippen molar-refractivity contribution in [2.24, 2.45) is 0 Å². The maximum absolute atomic E-state index is 12.5. The number of aryl methyl sites for hydroxylation is 1. The largest absolute Gasteiger partial charge is 0.452 e. The van der Waals surface area contributed by atoms with Crippen LogP contribution < -0.4 is 5.32 Å². The number of imide groups is 1. The average molecular weight is 330 g/mol. The Kier molecular flexibility index (Phi) is 4.55. The normalized spacial score (nSPS) is 19.7. The molecule has 0 aromatic heterocycles. The van der Waals surface area contributed by atoms with Crippen molar-refractivity contribution in [1.82, 2.24) is 4.90 Å². The zero-order valence-electron chi connectivity index (χ0n) is 14.1. The summed E-state index contributed by atoms with van der Waals surface area (Å²) in [5.41, 5.74) is 3.35. The minimum atomic E-state index is -0.531. The number of benzene rings is 1. The summed E-state index contributed by atoms with van der Waals surface area (Å²) in [4.78, 5) is 37.2. The smallest absolute Gasteiger partial charge is 0.340 e. The zero-order valence-corrected chi connectivity index (χ0v) is 14.1. The van der Waals surface area contributed by atoms with Crippen molar-refractivity contribution in [1.29, 1.82) is 0 Å². The second-order valence-corrected chi connectivity index (χ2v) is 6.51. The lowest BCUT2D eigenvalue weighted by Gasteiger charge is -2.26. The van der Waals surface area contributed by atoms with Gasteiger partial charge in [0, 0.05) is 19.5 Å². The molecule has 2 amide bonds. The first kappa shape index (κ1) is 16.5. The van der Waals surface area contributed by atoms with E-state index in [4.69, 9.17) is 4.74 Å². The van der Waals surface area contributed by atoms with Crippen LogP contribution in [0.25, 0.3) is 0 Å². The van der Waals surface area contributed by atoms with Crippen molar-refractivity contribution in [3.05, 3.63) is 28.8 Å². The third-order valence-corrected chi connectivity index (χ3v) is 4.64. The van der Waals surface area contributed by atoms with E-state index in [-0.39, 0.29) is 5.91 Å². The number of anilines is 1. The maximum atomic E-state index is 12.5. The predicted molar refractivity (Wildman–Crippen MR) is 88.9 cm³/mol. The Morgan fingerprint density at radius 2 is 2.17 bits per heavy atom. The summed E-state index contributed by atoms with van der Waals surface area (Å²) >= 11 is 0. The SMILES string of the molecule is Cc1cc(C(=O)OCC(=O)N2CCCC2=O)c2c(c1)C(C)CCN2. The van der Waals surface area contributed by atoms with Crippen LogP contribution in [0, 0.1) is 6.92 Å². The quantitative estimate of drug-likeness (QED) is 0.860. The molecule has 1 aromatic carbocycles. The van der Waals surface area contributed by atoms with Crippen LogP contribution in [0.1, 0.15) is 53.6 Å². The van der Waals surface area contributed by atoms with E-state index >= 15 is 0 Å². The number of nitrogens with one attached hydrogen (secondary N) is 1. The van der Waals surface area contributed by atoms with Crippen molar-refractivity contribution in [2.75, 3.05) is 25.0 Å². The molecule has 2 heterocycles. The summed E-state index contributed by atoms with van der Waals surface area (Å²) in [6.45, 7) is 4.89. The highest BCUT2D eigenvalue weighted by Gasteiger charge is 2.28. The maximum Gasteiger partial charge on any atom is 0.340 e. The van der Waals surface area contributed by atoms with Crippen molar-refractivity contribution in [2.45, 2.75) is 39.0 Å². The third-order valence-electron chi connectivity index (χ3n) is 4.64. The van der Waals surface area contributed by atoms with Crippen molar-refractivity contribution < 1.29 is 19.1 Å². The fourth-order valence-corrected chi connectivity index (χ4v) is 3.33. The molecule has 0 spiro atoms. The molecule has 1 aromatic rings. The number of hydrogen-bond acceptors (Lipinski definition) is 5. The van der Waals surface area contributed by atoms with Crippen molar-refractivity contribution in [3.63, 3.8) is 0 Å². The average Bonchev–Trinajstić information content (AvgIpc) is 2.98. The highest BCUT2D eigenvalue weighted by molar-refractivity contribution is 6.00. The van der Waals surface area contributed by atoms with Gasteiger partial charge in [0.15, 0.2) is 6.61 Å². The lowest BCUT2D eigenvalue weighted by Crippen LogP contribution is -2.35. The van der Waals surface area contributed by atoms with Crippen LogP contribution in [-0.2, 0) is 14.3 Å². The van der Waals surface area contributed by atoms with Crippen LogP contribution in [0.2, 0.25) is 0 Å². The van der Waals surface area contributed by atoms with E-state index < -0.39 is 18.5 Å². The van der Waals surface area contributed by atoms with Gasteiger partial charge in [-0.2, -0.15) is 0 Å². The number of carbonyl (C=O) groups excluding carboxylic acids is 3. The topological polar surface area (TPSA) is 75.7 Å². The van der Waals surface area contributed by atoms with Gasteiger partial charge in [0.25, 0.3) is 5.91 Å². The molecule has 24 heavy (non-hydrogen) atoms. The van der Waals surface area contributed by atoms with Crippen LogP contribution in [0.5, 0.6) is 0 Å². The number of amides is 2.